The zero-order valence-corrected chi connectivity index (χ0v) is 12.5. The molecular formula is C12H16ClNO4S. The summed E-state index contributed by atoms with van der Waals surface area (Å²) in [6.07, 6.45) is -0.920. The summed E-state index contributed by atoms with van der Waals surface area (Å²) >= 11 is 7.25. The molecule has 5 nitrogen and oxygen atoms in total. The Balaban J connectivity index is 2.79. The average molecular weight is 306 g/mol. The van der Waals surface area contributed by atoms with Crippen molar-refractivity contribution in [3.8, 4) is 0 Å². The van der Waals surface area contributed by atoms with Crippen molar-refractivity contribution in [2.45, 2.75) is 38.8 Å². The summed E-state index contributed by atoms with van der Waals surface area (Å²) in [4.78, 5) is 22.5. The number of carbonyl (C=O) groups excluding carboxylic acids is 1. The largest absolute Gasteiger partial charge is 0.481 e. The molecule has 0 aliphatic rings. The van der Waals surface area contributed by atoms with Gasteiger partial charge in [-0.15, -0.1) is 11.3 Å². The highest BCUT2D eigenvalue weighted by atomic mass is 35.5. The van der Waals surface area contributed by atoms with E-state index in [0.717, 1.165) is 0 Å². The molecule has 0 aliphatic heterocycles. The Kier molecular flexibility index (Phi) is 5.20. The highest BCUT2D eigenvalue weighted by molar-refractivity contribution is 7.14. The minimum Gasteiger partial charge on any atom is -0.481 e. The number of aliphatic carboxylic acids is 1. The Morgan fingerprint density at radius 3 is 2.58 bits per heavy atom. The number of amides is 1. The Morgan fingerprint density at radius 2 is 2.16 bits per heavy atom. The molecule has 0 aromatic carbocycles. The first-order valence-corrected chi connectivity index (χ1v) is 6.89. The molecule has 2 N–H and O–H groups in total. The van der Waals surface area contributed by atoms with Crippen molar-refractivity contribution in [3.63, 3.8) is 0 Å². The fourth-order valence-electron chi connectivity index (χ4n) is 1.42. The standard InChI is InChI=1S/C12H16ClNO4S/c1-12(2,3)18-11(17)14-8(6-9(15)16)7-4-5-19-10(7)13/h4-5,8H,6H2,1-3H3,(H,14,17)(H,15,16)/t8-/m0/s1. The van der Waals surface area contributed by atoms with E-state index in [4.69, 9.17) is 21.4 Å². The van der Waals surface area contributed by atoms with Crippen molar-refractivity contribution in [2.24, 2.45) is 0 Å². The molecule has 0 fully saturated rings. The SMILES string of the molecule is CC(C)(C)OC(=O)N[C@@H](CC(=O)O)c1ccsc1Cl. The minimum absolute atomic E-state index is 0.254. The normalized spacial score (nSPS) is 12.8. The van der Waals surface area contributed by atoms with Crippen LogP contribution in [0.25, 0.3) is 0 Å². The van der Waals surface area contributed by atoms with E-state index >= 15 is 0 Å². The molecule has 1 rings (SSSR count). The number of hydrogen-bond donors (Lipinski definition) is 2. The quantitative estimate of drug-likeness (QED) is 0.893. The summed E-state index contributed by atoms with van der Waals surface area (Å²) in [5.41, 5.74) is -0.0593. The van der Waals surface area contributed by atoms with Crippen molar-refractivity contribution in [1.29, 1.82) is 0 Å². The maximum atomic E-state index is 11.7. The van der Waals surface area contributed by atoms with E-state index in [1.807, 2.05) is 0 Å². The number of halogens is 1. The van der Waals surface area contributed by atoms with Gasteiger partial charge < -0.3 is 15.2 Å². The van der Waals surface area contributed by atoms with Crippen molar-refractivity contribution in [1.82, 2.24) is 5.32 Å². The number of ether oxygens (including phenoxy) is 1. The monoisotopic (exact) mass is 305 g/mol. The maximum Gasteiger partial charge on any atom is 0.408 e. The van der Waals surface area contributed by atoms with E-state index in [9.17, 15) is 9.59 Å². The molecule has 0 aliphatic carbocycles. The van der Waals surface area contributed by atoms with Crippen molar-refractivity contribution in [3.05, 3.63) is 21.3 Å². The number of thiophene rings is 1. The van der Waals surface area contributed by atoms with Crippen LogP contribution >= 0.6 is 22.9 Å². The number of rotatable bonds is 4. The summed E-state index contributed by atoms with van der Waals surface area (Å²) in [7, 11) is 0. The van der Waals surface area contributed by atoms with Gasteiger partial charge in [-0.25, -0.2) is 4.79 Å². The zero-order chi connectivity index (χ0) is 14.6. The topological polar surface area (TPSA) is 75.6 Å². The van der Waals surface area contributed by atoms with Crippen LogP contribution in [0.5, 0.6) is 0 Å². The highest BCUT2D eigenvalue weighted by Gasteiger charge is 2.24. The van der Waals surface area contributed by atoms with Crippen molar-refractivity contribution >= 4 is 35.0 Å². The number of hydrogen-bond acceptors (Lipinski definition) is 4. The lowest BCUT2D eigenvalue weighted by atomic mass is 10.1. The second-order valence-electron chi connectivity index (χ2n) is 4.95. The lowest BCUT2D eigenvalue weighted by molar-refractivity contribution is -0.137. The van der Waals surface area contributed by atoms with Gasteiger partial charge in [0.2, 0.25) is 0 Å². The van der Waals surface area contributed by atoms with Gasteiger partial charge in [-0.3, -0.25) is 4.79 Å². The molecular weight excluding hydrogens is 290 g/mol. The summed E-state index contributed by atoms with van der Waals surface area (Å²) in [5.74, 6) is -1.02. The first kappa shape index (κ1) is 15.8. The first-order chi connectivity index (χ1) is 8.69. The fourth-order valence-corrected chi connectivity index (χ4v) is 2.45. The van der Waals surface area contributed by atoms with E-state index in [1.165, 1.54) is 11.3 Å². The van der Waals surface area contributed by atoms with Crippen LogP contribution in [0.2, 0.25) is 4.34 Å². The zero-order valence-electron chi connectivity index (χ0n) is 10.9. The average Bonchev–Trinajstić information content (AvgIpc) is 2.59. The summed E-state index contributed by atoms with van der Waals surface area (Å²) in [6.45, 7) is 5.20. The molecule has 1 amide bonds. The van der Waals surface area contributed by atoms with E-state index in [1.54, 1.807) is 32.2 Å². The van der Waals surface area contributed by atoms with Crippen LogP contribution in [-0.4, -0.2) is 22.8 Å². The molecule has 0 radical (unpaired) electrons. The Labute approximate surface area is 120 Å². The van der Waals surface area contributed by atoms with Crippen LogP contribution in [0.3, 0.4) is 0 Å². The Hall–Kier alpha value is -1.27. The Bertz CT molecular complexity index is 467. The lowest BCUT2D eigenvalue weighted by Gasteiger charge is -2.22. The van der Waals surface area contributed by atoms with E-state index in [2.05, 4.69) is 5.32 Å². The van der Waals surface area contributed by atoms with Gasteiger partial charge in [0.05, 0.1) is 16.8 Å². The van der Waals surface area contributed by atoms with Gasteiger partial charge in [0.25, 0.3) is 0 Å². The van der Waals surface area contributed by atoms with Crippen molar-refractivity contribution in [2.75, 3.05) is 0 Å². The highest BCUT2D eigenvalue weighted by Crippen LogP contribution is 2.30. The lowest BCUT2D eigenvalue weighted by Crippen LogP contribution is -2.35. The molecule has 1 heterocycles. The fraction of sp³-hybridized carbons (Fsp3) is 0.500. The second-order valence-corrected chi connectivity index (χ2v) is 6.46. The molecule has 0 unspecified atom stereocenters. The predicted octanol–water partition coefficient (Wildman–Crippen LogP) is 3.44. The van der Waals surface area contributed by atoms with Crippen LogP contribution in [0, 0.1) is 0 Å². The third kappa shape index (κ3) is 5.48. The molecule has 1 aromatic heterocycles. The third-order valence-corrected chi connectivity index (χ3v) is 3.29. The van der Waals surface area contributed by atoms with Crippen LogP contribution < -0.4 is 5.32 Å². The van der Waals surface area contributed by atoms with E-state index in [-0.39, 0.29) is 6.42 Å². The summed E-state index contributed by atoms with van der Waals surface area (Å²) in [6, 6.07) is 0.990. The molecule has 106 valence electrons. The number of carboxylic acid groups (broad SMARTS) is 1. The van der Waals surface area contributed by atoms with E-state index < -0.39 is 23.7 Å². The molecule has 7 heteroatoms. The molecule has 19 heavy (non-hydrogen) atoms. The number of alkyl carbamates (subject to hydrolysis) is 1. The molecule has 0 spiro atoms. The van der Waals surface area contributed by atoms with Crippen LogP contribution in [0.15, 0.2) is 11.4 Å². The molecule has 1 aromatic rings. The van der Waals surface area contributed by atoms with Gasteiger partial charge in [-0.05, 0) is 32.2 Å². The van der Waals surface area contributed by atoms with Gasteiger partial charge >= 0.3 is 12.1 Å². The number of nitrogens with one attached hydrogen (secondary N) is 1. The number of carboxylic acids is 1. The number of carbonyl (C=O) groups is 2. The Morgan fingerprint density at radius 1 is 1.53 bits per heavy atom. The smallest absolute Gasteiger partial charge is 0.408 e. The van der Waals surface area contributed by atoms with Crippen LogP contribution in [0.4, 0.5) is 4.79 Å². The van der Waals surface area contributed by atoms with Crippen LogP contribution in [-0.2, 0) is 9.53 Å². The molecule has 0 bridgehead atoms. The second kappa shape index (κ2) is 6.25. The van der Waals surface area contributed by atoms with Crippen LogP contribution in [0.1, 0.15) is 38.8 Å². The predicted molar refractivity (Wildman–Crippen MR) is 73.7 cm³/mol. The molecule has 0 saturated carbocycles. The summed E-state index contributed by atoms with van der Waals surface area (Å²) in [5, 5.41) is 13.2. The first-order valence-electron chi connectivity index (χ1n) is 5.63. The third-order valence-electron chi connectivity index (χ3n) is 2.09. The van der Waals surface area contributed by atoms with Gasteiger partial charge in [-0.1, -0.05) is 11.6 Å². The summed E-state index contributed by atoms with van der Waals surface area (Å²) < 4.78 is 5.57. The van der Waals surface area contributed by atoms with Gasteiger partial charge in [0, 0.05) is 5.56 Å². The van der Waals surface area contributed by atoms with E-state index in [0.29, 0.717) is 9.90 Å². The van der Waals surface area contributed by atoms with Gasteiger partial charge in [0.15, 0.2) is 0 Å². The van der Waals surface area contributed by atoms with Gasteiger partial charge in [0.1, 0.15) is 5.60 Å². The molecule has 1 atom stereocenters. The van der Waals surface area contributed by atoms with Crippen molar-refractivity contribution < 1.29 is 19.4 Å². The maximum absolute atomic E-state index is 11.7. The molecule has 0 saturated heterocycles. The van der Waals surface area contributed by atoms with Gasteiger partial charge in [-0.2, -0.15) is 0 Å². The minimum atomic E-state index is -1.02.